The molecule has 4 aromatic rings. The number of nitrogens with two attached hydrogens (primary N) is 1. The van der Waals surface area contributed by atoms with Gasteiger partial charge in [0.1, 0.15) is 17.5 Å². The number of nitrogen functional groups attached to an aromatic ring is 1. The van der Waals surface area contributed by atoms with Crippen LogP contribution in [0.15, 0.2) is 36.4 Å². The molecule has 0 aliphatic carbocycles. The van der Waals surface area contributed by atoms with E-state index in [9.17, 15) is 15.5 Å². The molecule has 29 heavy (non-hydrogen) atoms. The zero-order valence-corrected chi connectivity index (χ0v) is 16.2. The molecule has 0 radical (unpaired) electrons. The number of rotatable bonds is 2. The first-order valence-electron chi connectivity index (χ1n) is 9.00. The van der Waals surface area contributed by atoms with Gasteiger partial charge in [-0.25, -0.2) is 9.67 Å². The lowest BCUT2D eigenvalue weighted by molar-refractivity contribution is 0.404. The van der Waals surface area contributed by atoms with Crippen LogP contribution in [0.3, 0.4) is 0 Å². The molecule has 0 atom stereocenters. The number of aromatic nitrogens is 3. The third-order valence-electron chi connectivity index (χ3n) is 5.13. The molecule has 0 unspecified atom stereocenters. The van der Waals surface area contributed by atoms with E-state index < -0.39 is 0 Å². The van der Waals surface area contributed by atoms with Gasteiger partial charge >= 0.3 is 0 Å². The minimum absolute atomic E-state index is 0.0764. The number of phenols is 2. The number of phenolic OH excluding ortho intramolecular Hbond substituents is 2. The second-order valence-electron chi connectivity index (χ2n) is 7.03. The smallest absolute Gasteiger partial charge is 0.166 e. The summed E-state index contributed by atoms with van der Waals surface area (Å²) in [5.74, 6) is -0.449. The van der Waals surface area contributed by atoms with Gasteiger partial charge in [0.15, 0.2) is 17.1 Å². The first-order chi connectivity index (χ1) is 13.8. The Balaban J connectivity index is 2.10. The highest BCUT2D eigenvalue weighted by Gasteiger charge is 2.22. The van der Waals surface area contributed by atoms with E-state index in [1.807, 2.05) is 39.0 Å². The van der Waals surface area contributed by atoms with Crippen LogP contribution in [-0.4, -0.2) is 25.0 Å². The topological polar surface area (TPSA) is 121 Å². The van der Waals surface area contributed by atoms with Gasteiger partial charge < -0.3 is 15.9 Å². The molecule has 0 saturated heterocycles. The summed E-state index contributed by atoms with van der Waals surface area (Å²) in [6.45, 7) is 5.90. The summed E-state index contributed by atoms with van der Waals surface area (Å²) in [5.41, 5.74) is 11.7. The van der Waals surface area contributed by atoms with Crippen molar-refractivity contribution in [2.75, 3.05) is 5.73 Å². The monoisotopic (exact) mass is 385 g/mol. The number of aromatic hydroxyl groups is 2. The molecule has 2 aromatic carbocycles. The number of hydrogen-bond acceptors (Lipinski definition) is 6. The molecule has 0 amide bonds. The molecule has 0 aliphatic heterocycles. The second-order valence-corrected chi connectivity index (χ2v) is 7.03. The number of fused-ring (bicyclic) bond motifs is 1. The Bertz CT molecular complexity index is 1330. The average Bonchev–Trinajstić information content (AvgIpc) is 3.01. The van der Waals surface area contributed by atoms with Crippen LogP contribution in [0.4, 0.5) is 5.82 Å². The SMILES string of the molecule is Cc1ccc(-n2nc(C)c3c(-c4ccc(O)c(O)c4)c(C#N)c(N)nc32)cc1C. The molecule has 144 valence electrons. The van der Waals surface area contributed by atoms with Gasteiger partial charge in [0, 0.05) is 5.56 Å². The van der Waals surface area contributed by atoms with Crippen molar-refractivity contribution in [3.63, 3.8) is 0 Å². The molecular formula is C22H19N5O2. The van der Waals surface area contributed by atoms with Gasteiger partial charge in [-0.05, 0) is 61.7 Å². The quantitative estimate of drug-likeness (QED) is 0.450. The summed E-state index contributed by atoms with van der Waals surface area (Å²) < 4.78 is 1.71. The summed E-state index contributed by atoms with van der Waals surface area (Å²) in [4.78, 5) is 4.47. The van der Waals surface area contributed by atoms with E-state index in [-0.39, 0.29) is 22.9 Å². The number of nitrogens with zero attached hydrogens (tertiary/aromatic N) is 4. The normalized spacial score (nSPS) is 11.0. The molecule has 4 rings (SSSR count). The van der Waals surface area contributed by atoms with Crippen molar-refractivity contribution in [3.8, 4) is 34.4 Å². The predicted molar refractivity (Wildman–Crippen MR) is 111 cm³/mol. The summed E-state index contributed by atoms with van der Waals surface area (Å²) in [5, 5.41) is 34.7. The number of hydrogen-bond donors (Lipinski definition) is 3. The Morgan fingerprint density at radius 3 is 2.41 bits per heavy atom. The van der Waals surface area contributed by atoms with Crippen molar-refractivity contribution in [2.24, 2.45) is 0 Å². The lowest BCUT2D eigenvalue weighted by Gasteiger charge is -2.11. The zero-order valence-electron chi connectivity index (χ0n) is 16.2. The minimum Gasteiger partial charge on any atom is -0.504 e. The van der Waals surface area contributed by atoms with Crippen molar-refractivity contribution in [3.05, 3.63) is 58.8 Å². The minimum atomic E-state index is -0.283. The largest absolute Gasteiger partial charge is 0.504 e. The maximum absolute atomic E-state index is 9.97. The number of benzene rings is 2. The van der Waals surface area contributed by atoms with E-state index in [1.165, 1.54) is 17.7 Å². The van der Waals surface area contributed by atoms with Gasteiger partial charge in [-0.2, -0.15) is 10.4 Å². The standard InChI is InChI=1S/C22H19N5O2/c1-11-4-6-15(8-12(11)2)27-22-19(13(3)26-27)20(16(10-23)21(24)25-22)14-5-7-17(28)18(29)9-14/h4-9,28-29H,1-3H3,(H2,24,25). The van der Waals surface area contributed by atoms with Crippen LogP contribution < -0.4 is 5.73 Å². The first kappa shape index (κ1) is 18.3. The van der Waals surface area contributed by atoms with Crippen LogP contribution in [-0.2, 0) is 0 Å². The van der Waals surface area contributed by atoms with Gasteiger partial charge in [0.25, 0.3) is 0 Å². The average molecular weight is 385 g/mol. The Morgan fingerprint density at radius 1 is 1.00 bits per heavy atom. The van der Waals surface area contributed by atoms with E-state index in [2.05, 4.69) is 16.2 Å². The third kappa shape index (κ3) is 2.82. The molecule has 2 heterocycles. The molecule has 7 heteroatoms. The summed E-state index contributed by atoms with van der Waals surface area (Å²) in [7, 11) is 0. The highest BCUT2D eigenvalue weighted by molar-refractivity contribution is 6.00. The second kappa shape index (κ2) is 6.53. The summed E-state index contributed by atoms with van der Waals surface area (Å²) in [6.07, 6.45) is 0. The Hall–Kier alpha value is -4.05. The van der Waals surface area contributed by atoms with Gasteiger partial charge in [0.05, 0.1) is 16.8 Å². The molecule has 2 aromatic heterocycles. The summed E-state index contributed by atoms with van der Waals surface area (Å²) >= 11 is 0. The van der Waals surface area contributed by atoms with Crippen LogP contribution >= 0.6 is 0 Å². The van der Waals surface area contributed by atoms with Crippen molar-refractivity contribution in [1.29, 1.82) is 5.26 Å². The fourth-order valence-electron chi connectivity index (χ4n) is 3.45. The third-order valence-corrected chi connectivity index (χ3v) is 5.13. The molecule has 0 fully saturated rings. The molecule has 4 N–H and O–H groups in total. The van der Waals surface area contributed by atoms with Crippen molar-refractivity contribution >= 4 is 16.9 Å². The molecule has 7 nitrogen and oxygen atoms in total. The van der Waals surface area contributed by atoms with E-state index in [0.29, 0.717) is 27.9 Å². The predicted octanol–water partition coefficient (Wildman–Crippen LogP) is 3.88. The van der Waals surface area contributed by atoms with Gasteiger partial charge in [0.2, 0.25) is 0 Å². The maximum atomic E-state index is 9.97. The number of pyridine rings is 1. The zero-order chi connectivity index (χ0) is 20.9. The summed E-state index contributed by atoms with van der Waals surface area (Å²) in [6, 6.07) is 12.5. The van der Waals surface area contributed by atoms with E-state index >= 15 is 0 Å². The van der Waals surface area contributed by atoms with Crippen molar-refractivity contribution < 1.29 is 10.2 Å². The van der Waals surface area contributed by atoms with Crippen LogP contribution in [0.25, 0.3) is 27.8 Å². The fraction of sp³-hybridized carbons (Fsp3) is 0.136. The molecule has 0 spiro atoms. The van der Waals surface area contributed by atoms with Crippen LogP contribution in [0.2, 0.25) is 0 Å². The highest BCUT2D eigenvalue weighted by Crippen LogP contribution is 2.39. The van der Waals surface area contributed by atoms with Crippen molar-refractivity contribution in [1.82, 2.24) is 14.8 Å². The van der Waals surface area contributed by atoms with Crippen molar-refractivity contribution in [2.45, 2.75) is 20.8 Å². The van der Waals surface area contributed by atoms with Crippen LogP contribution in [0, 0.1) is 32.1 Å². The van der Waals surface area contributed by atoms with Gasteiger partial charge in [-0.3, -0.25) is 0 Å². The Kier molecular flexibility index (Phi) is 4.13. The number of anilines is 1. The molecular weight excluding hydrogens is 366 g/mol. The maximum Gasteiger partial charge on any atom is 0.166 e. The van der Waals surface area contributed by atoms with E-state index in [0.717, 1.165) is 11.3 Å². The molecule has 0 saturated carbocycles. The van der Waals surface area contributed by atoms with Gasteiger partial charge in [-0.1, -0.05) is 12.1 Å². The number of aryl methyl sites for hydroxylation is 3. The number of nitriles is 1. The fourth-order valence-corrected chi connectivity index (χ4v) is 3.45. The Morgan fingerprint density at radius 2 is 1.76 bits per heavy atom. The molecule has 0 bridgehead atoms. The first-order valence-corrected chi connectivity index (χ1v) is 9.00. The van der Waals surface area contributed by atoms with E-state index in [1.54, 1.807) is 10.7 Å². The van der Waals surface area contributed by atoms with E-state index in [4.69, 9.17) is 5.73 Å². The lowest BCUT2D eigenvalue weighted by atomic mass is 9.96. The molecule has 0 aliphatic rings. The lowest BCUT2D eigenvalue weighted by Crippen LogP contribution is -2.03. The van der Waals surface area contributed by atoms with Crippen LogP contribution in [0.1, 0.15) is 22.4 Å². The highest BCUT2D eigenvalue weighted by atomic mass is 16.3. The van der Waals surface area contributed by atoms with Gasteiger partial charge in [-0.15, -0.1) is 0 Å². The van der Waals surface area contributed by atoms with Crippen LogP contribution in [0.5, 0.6) is 11.5 Å². The Labute approximate surface area is 167 Å².